The molecule has 0 aliphatic rings. The molecule has 1 aromatic heterocycles. The van der Waals surface area contributed by atoms with Crippen LogP contribution in [0.5, 0.6) is 5.75 Å². The van der Waals surface area contributed by atoms with E-state index in [1.165, 1.54) is 0 Å². The largest absolute Gasteiger partial charge is 0.494 e. The normalized spacial score (nSPS) is 10.8. The number of nitrogens with one attached hydrogen (secondary N) is 1. The Kier molecular flexibility index (Phi) is 3.75. The van der Waals surface area contributed by atoms with Gasteiger partial charge in [-0.05, 0) is 47.1 Å². The van der Waals surface area contributed by atoms with E-state index in [9.17, 15) is 4.79 Å². The maximum absolute atomic E-state index is 11.8. The van der Waals surface area contributed by atoms with Gasteiger partial charge in [-0.2, -0.15) is 5.10 Å². The molecule has 5 heteroatoms. The maximum atomic E-state index is 11.8. The molecule has 0 spiro atoms. The third kappa shape index (κ3) is 2.56. The number of fused-ring (bicyclic) bond motifs is 1. The van der Waals surface area contributed by atoms with Crippen LogP contribution in [0.15, 0.2) is 51.7 Å². The fourth-order valence-electron chi connectivity index (χ4n) is 2.26. The Balaban J connectivity index is 2.21. The minimum Gasteiger partial charge on any atom is -0.494 e. The van der Waals surface area contributed by atoms with E-state index in [1.807, 2.05) is 43.3 Å². The topological polar surface area (TPSA) is 55.0 Å². The van der Waals surface area contributed by atoms with Gasteiger partial charge >= 0.3 is 0 Å². The number of halogens is 1. The molecule has 3 rings (SSSR count). The molecular formula is C16H13BrN2O2. The highest BCUT2D eigenvalue weighted by atomic mass is 79.9. The summed E-state index contributed by atoms with van der Waals surface area (Å²) in [6.45, 7) is 2.56. The first-order chi connectivity index (χ1) is 10.2. The van der Waals surface area contributed by atoms with Crippen molar-refractivity contribution in [2.75, 3.05) is 6.61 Å². The van der Waals surface area contributed by atoms with Crippen LogP contribution in [-0.2, 0) is 0 Å². The number of benzene rings is 2. The monoisotopic (exact) mass is 344 g/mol. The van der Waals surface area contributed by atoms with Crippen LogP contribution in [0.2, 0.25) is 0 Å². The molecular weight excluding hydrogens is 332 g/mol. The van der Waals surface area contributed by atoms with Gasteiger partial charge in [0.2, 0.25) is 0 Å². The van der Waals surface area contributed by atoms with Crippen molar-refractivity contribution >= 4 is 26.7 Å². The summed E-state index contributed by atoms with van der Waals surface area (Å²) in [5.74, 6) is 0.793. The number of hydrogen-bond donors (Lipinski definition) is 1. The average Bonchev–Trinajstić information content (AvgIpc) is 2.49. The third-order valence-electron chi connectivity index (χ3n) is 3.20. The Labute approximate surface area is 129 Å². The van der Waals surface area contributed by atoms with E-state index in [2.05, 4.69) is 26.1 Å². The lowest BCUT2D eigenvalue weighted by Gasteiger charge is -2.09. The van der Waals surface area contributed by atoms with Gasteiger partial charge in [0.1, 0.15) is 5.75 Å². The summed E-state index contributed by atoms with van der Waals surface area (Å²) in [4.78, 5) is 11.8. The van der Waals surface area contributed by atoms with Crippen LogP contribution >= 0.6 is 15.9 Å². The van der Waals surface area contributed by atoms with Crippen molar-refractivity contribution in [3.63, 3.8) is 0 Å². The first-order valence-corrected chi connectivity index (χ1v) is 7.40. The predicted molar refractivity (Wildman–Crippen MR) is 86.7 cm³/mol. The second-order valence-electron chi connectivity index (χ2n) is 4.52. The zero-order chi connectivity index (χ0) is 14.8. The van der Waals surface area contributed by atoms with E-state index in [0.717, 1.165) is 26.9 Å². The zero-order valence-corrected chi connectivity index (χ0v) is 13.0. The van der Waals surface area contributed by atoms with Gasteiger partial charge in [0.05, 0.1) is 17.7 Å². The lowest BCUT2D eigenvalue weighted by Crippen LogP contribution is -2.09. The Morgan fingerprint density at radius 1 is 1.19 bits per heavy atom. The lowest BCUT2D eigenvalue weighted by atomic mass is 10.1. The molecule has 0 radical (unpaired) electrons. The minimum absolute atomic E-state index is 0.184. The minimum atomic E-state index is -0.184. The standard InChI is InChI=1S/C16H13BrN2O2/c1-2-21-10-7-8-13(14(17)9-10)15-11-5-3-4-6-12(11)16(20)19-18-15/h3-9H,2H2,1H3,(H,19,20). The number of hydrogen-bond acceptors (Lipinski definition) is 3. The molecule has 0 fully saturated rings. The highest BCUT2D eigenvalue weighted by Crippen LogP contribution is 2.33. The summed E-state index contributed by atoms with van der Waals surface area (Å²) >= 11 is 3.55. The molecule has 0 amide bonds. The highest BCUT2D eigenvalue weighted by Gasteiger charge is 2.11. The Hall–Kier alpha value is -2.14. The van der Waals surface area contributed by atoms with Crippen molar-refractivity contribution in [2.24, 2.45) is 0 Å². The molecule has 4 nitrogen and oxygen atoms in total. The second-order valence-corrected chi connectivity index (χ2v) is 5.38. The third-order valence-corrected chi connectivity index (χ3v) is 3.86. The van der Waals surface area contributed by atoms with Crippen LogP contribution in [0.4, 0.5) is 0 Å². The van der Waals surface area contributed by atoms with Crippen LogP contribution in [0.3, 0.4) is 0 Å². The first-order valence-electron chi connectivity index (χ1n) is 6.61. The number of H-pyrrole nitrogens is 1. The zero-order valence-electron chi connectivity index (χ0n) is 11.4. The van der Waals surface area contributed by atoms with Gasteiger partial charge in [-0.3, -0.25) is 4.79 Å². The van der Waals surface area contributed by atoms with Crippen LogP contribution < -0.4 is 10.3 Å². The molecule has 21 heavy (non-hydrogen) atoms. The van der Waals surface area contributed by atoms with Crippen molar-refractivity contribution in [1.82, 2.24) is 10.2 Å². The lowest BCUT2D eigenvalue weighted by molar-refractivity contribution is 0.340. The fourth-order valence-corrected chi connectivity index (χ4v) is 2.81. The van der Waals surface area contributed by atoms with Crippen molar-refractivity contribution in [2.45, 2.75) is 6.92 Å². The molecule has 1 heterocycles. The van der Waals surface area contributed by atoms with Crippen LogP contribution in [0.1, 0.15) is 6.92 Å². The SMILES string of the molecule is CCOc1ccc(-c2n[nH]c(=O)c3ccccc23)c(Br)c1. The van der Waals surface area contributed by atoms with Gasteiger partial charge in [-0.25, -0.2) is 5.10 Å². The van der Waals surface area contributed by atoms with E-state index in [-0.39, 0.29) is 5.56 Å². The predicted octanol–water partition coefficient (Wildman–Crippen LogP) is 3.75. The molecule has 0 bridgehead atoms. The van der Waals surface area contributed by atoms with Gasteiger partial charge in [0, 0.05) is 15.4 Å². The molecule has 0 atom stereocenters. The summed E-state index contributed by atoms with van der Waals surface area (Å²) < 4.78 is 6.35. The highest BCUT2D eigenvalue weighted by molar-refractivity contribution is 9.10. The van der Waals surface area contributed by atoms with E-state index >= 15 is 0 Å². The Morgan fingerprint density at radius 3 is 2.67 bits per heavy atom. The van der Waals surface area contributed by atoms with Gasteiger partial charge in [-0.1, -0.05) is 18.2 Å². The summed E-state index contributed by atoms with van der Waals surface area (Å²) in [6.07, 6.45) is 0. The molecule has 0 unspecified atom stereocenters. The van der Waals surface area contributed by atoms with Gasteiger partial charge in [0.15, 0.2) is 0 Å². The Morgan fingerprint density at radius 2 is 1.95 bits per heavy atom. The summed E-state index contributed by atoms with van der Waals surface area (Å²) in [5.41, 5.74) is 1.46. The number of ether oxygens (including phenoxy) is 1. The summed E-state index contributed by atoms with van der Waals surface area (Å²) in [7, 11) is 0. The van der Waals surface area contributed by atoms with Crippen LogP contribution in [0.25, 0.3) is 22.0 Å². The van der Waals surface area contributed by atoms with E-state index in [1.54, 1.807) is 6.07 Å². The van der Waals surface area contributed by atoms with Crippen molar-refractivity contribution in [3.05, 3.63) is 57.3 Å². The van der Waals surface area contributed by atoms with Gasteiger partial charge < -0.3 is 4.74 Å². The second kappa shape index (κ2) is 5.69. The first kappa shape index (κ1) is 13.8. The van der Waals surface area contributed by atoms with Crippen LogP contribution in [0, 0.1) is 0 Å². The van der Waals surface area contributed by atoms with Gasteiger partial charge in [0.25, 0.3) is 5.56 Å². The number of rotatable bonds is 3. The maximum Gasteiger partial charge on any atom is 0.272 e. The molecule has 0 aliphatic heterocycles. The number of aromatic amines is 1. The molecule has 0 saturated carbocycles. The number of aromatic nitrogens is 2. The quantitative estimate of drug-likeness (QED) is 0.787. The molecule has 0 saturated heterocycles. The van der Waals surface area contributed by atoms with Crippen LogP contribution in [-0.4, -0.2) is 16.8 Å². The van der Waals surface area contributed by atoms with Gasteiger partial charge in [-0.15, -0.1) is 0 Å². The summed E-state index contributed by atoms with van der Waals surface area (Å²) in [5, 5.41) is 8.21. The molecule has 0 aliphatic carbocycles. The van der Waals surface area contributed by atoms with E-state index < -0.39 is 0 Å². The molecule has 3 aromatic rings. The smallest absolute Gasteiger partial charge is 0.272 e. The van der Waals surface area contributed by atoms with Crippen molar-refractivity contribution in [1.29, 1.82) is 0 Å². The fraction of sp³-hybridized carbons (Fsp3) is 0.125. The molecule has 106 valence electrons. The van der Waals surface area contributed by atoms with Crippen molar-refractivity contribution < 1.29 is 4.74 Å². The molecule has 1 N–H and O–H groups in total. The van der Waals surface area contributed by atoms with Crippen molar-refractivity contribution in [3.8, 4) is 17.0 Å². The Bertz CT molecular complexity index is 858. The number of nitrogens with zero attached hydrogens (tertiary/aromatic N) is 1. The average molecular weight is 345 g/mol. The van der Waals surface area contributed by atoms with E-state index in [0.29, 0.717) is 12.0 Å². The summed E-state index contributed by atoms with van der Waals surface area (Å²) in [6, 6.07) is 13.2. The molecule has 2 aromatic carbocycles. The van der Waals surface area contributed by atoms with E-state index in [4.69, 9.17) is 4.74 Å².